The largest absolute Gasteiger partial charge is 0.548 e. The number of carbonyl (C=O) groups is 1. The van der Waals surface area contributed by atoms with Gasteiger partial charge in [-0.1, -0.05) is 5.92 Å². The van der Waals surface area contributed by atoms with Gasteiger partial charge >= 0.3 is 0 Å². The van der Waals surface area contributed by atoms with Gasteiger partial charge in [0, 0.05) is 0 Å². The first kappa shape index (κ1) is 6.99. The summed E-state index contributed by atoms with van der Waals surface area (Å²) in [6, 6.07) is 0. The topological polar surface area (TPSA) is 49.4 Å². The van der Waals surface area contributed by atoms with E-state index in [1.54, 1.807) is 0 Å². The van der Waals surface area contributed by atoms with Crippen LogP contribution in [0.5, 0.6) is 0 Å². The SMILES string of the molecule is C#CCOCC(=O)[O-]. The Bertz CT molecular complexity index is 111. The van der Waals surface area contributed by atoms with Gasteiger partial charge in [0.2, 0.25) is 0 Å². The molecule has 8 heavy (non-hydrogen) atoms. The quantitative estimate of drug-likeness (QED) is 0.326. The number of aliphatic carboxylic acids is 1. The van der Waals surface area contributed by atoms with E-state index in [9.17, 15) is 9.90 Å². The fraction of sp³-hybridized carbons (Fsp3) is 0.400. The average molecular weight is 113 g/mol. The zero-order chi connectivity index (χ0) is 6.41. The summed E-state index contributed by atoms with van der Waals surface area (Å²) in [5.41, 5.74) is 0. The molecule has 44 valence electrons. The molecular formula is C5H5O3-. The Morgan fingerprint density at radius 2 is 2.50 bits per heavy atom. The van der Waals surface area contributed by atoms with E-state index in [2.05, 4.69) is 10.7 Å². The van der Waals surface area contributed by atoms with E-state index in [0.717, 1.165) is 0 Å². The molecule has 0 aliphatic heterocycles. The molecule has 0 saturated heterocycles. The lowest BCUT2D eigenvalue weighted by Crippen LogP contribution is -2.27. The van der Waals surface area contributed by atoms with Crippen molar-refractivity contribution < 1.29 is 14.6 Å². The monoisotopic (exact) mass is 113 g/mol. The van der Waals surface area contributed by atoms with Crippen LogP contribution in [0.25, 0.3) is 0 Å². The summed E-state index contributed by atoms with van der Waals surface area (Å²) >= 11 is 0. The van der Waals surface area contributed by atoms with E-state index >= 15 is 0 Å². The summed E-state index contributed by atoms with van der Waals surface area (Å²) in [4.78, 5) is 9.57. The van der Waals surface area contributed by atoms with Crippen molar-refractivity contribution in [3.63, 3.8) is 0 Å². The molecule has 0 aromatic rings. The molecule has 0 saturated carbocycles. The molecule has 3 heteroatoms. The van der Waals surface area contributed by atoms with E-state index in [4.69, 9.17) is 6.42 Å². The van der Waals surface area contributed by atoms with Crippen LogP contribution in [0.3, 0.4) is 0 Å². The highest BCUT2D eigenvalue weighted by Crippen LogP contribution is 1.67. The second-order valence-electron chi connectivity index (χ2n) is 1.07. The molecule has 0 aliphatic carbocycles. The van der Waals surface area contributed by atoms with Gasteiger partial charge < -0.3 is 14.6 Å². The highest BCUT2D eigenvalue weighted by Gasteiger charge is 1.80. The molecule has 0 spiro atoms. The Morgan fingerprint density at radius 1 is 1.88 bits per heavy atom. The molecule has 0 aromatic carbocycles. The van der Waals surface area contributed by atoms with Gasteiger partial charge in [-0.05, 0) is 0 Å². The van der Waals surface area contributed by atoms with Crippen LogP contribution in [0.15, 0.2) is 0 Å². The predicted octanol–water partition coefficient (Wildman–Crippen LogP) is -1.61. The first-order valence-electron chi connectivity index (χ1n) is 1.98. The third kappa shape index (κ3) is 4.99. The van der Waals surface area contributed by atoms with Crippen LogP contribution in [-0.2, 0) is 9.53 Å². The second-order valence-corrected chi connectivity index (χ2v) is 1.07. The highest BCUT2D eigenvalue weighted by atomic mass is 16.5. The molecule has 0 fully saturated rings. The summed E-state index contributed by atoms with van der Waals surface area (Å²) in [7, 11) is 0. The lowest BCUT2D eigenvalue weighted by molar-refractivity contribution is -0.309. The summed E-state index contributed by atoms with van der Waals surface area (Å²) in [5, 5.41) is 9.57. The zero-order valence-corrected chi connectivity index (χ0v) is 4.22. The first-order chi connectivity index (χ1) is 3.77. The van der Waals surface area contributed by atoms with Gasteiger partial charge in [0.15, 0.2) is 0 Å². The van der Waals surface area contributed by atoms with Crippen molar-refractivity contribution in [2.45, 2.75) is 0 Å². The number of terminal acetylenes is 1. The number of hydrogen-bond acceptors (Lipinski definition) is 3. The van der Waals surface area contributed by atoms with Gasteiger partial charge in [-0.3, -0.25) is 0 Å². The fourth-order valence-corrected chi connectivity index (χ4v) is 0.193. The van der Waals surface area contributed by atoms with Crippen molar-refractivity contribution in [2.75, 3.05) is 13.2 Å². The summed E-state index contributed by atoms with van der Waals surface area (Å²) in [6.07, 6.45) is 4.73. The highest BCUT2D eigenvalue weighted by molar-refractivity contribution is 5.65. The predicted molar refractivity (Wildman–Crippen MR) is 24.7 cm³/mol. The molecule has 0 heterocycles. The maximum atomic E-state index is 9.57. The lowest BCUT2D eigenvalue weighted by Gasteiger charge is -1.97. The Morgan fingerprint density at radius 3 is 2.88 bits per heavy atom. The van der Waals surface area contributed by atoms with Gasteiger partial charge in [0.25, 0.3) is 0 Å². The Hall–Kier alpha value is -1.01. The zero-order valence-electron chi connectivity index (χ0n) is 4.22. The van der Waals surface area contributed by atoms with Gasteiger partial charge in [0.05, 0.1) is 12.6 Å². The lowest BCUT2D eigenvalue weighted by atomic mass is 10.7. The van der Waals surface area contributed by atoms with Crippen LogP contribution in [0.2, 0.25) is 0 Å². The third-order valence-electron chi connectivity index (χ3n) is 0.405. The van der Waals surface area contributed by atoms with Crippen LogP contribution >= 0.6 is 0 Å². The first-order valence-corrected chi connectivity index (χ1v) is 1.98. The van der Waals surface area contributed by atoms with E-state index in [0.29, 0.717) is 0 Å². The molecule has 0 N–H and O–H groups in total. The summed E-state index contributed by atoms with van der Waals surface area (Å²) in [5.74, 6) is 0.860. The Labute approximate surface area is 47.3 Å². The minimum Gasteiger partial charge on any atom is -0.548 e. The molecule has 3 nitrogen and oxygen atoms in total. The normalized spacial score (nSPS) is 7.88. The molecule has 0 atom stereocenters. The van der Waals surface area contributed by atoms with Crippen LogP contribution in [-0.4, -0.2) is 19.2 Å². The second kappa shape index (κ2) is 4.16. The molecular weight excluding hydrogens is 108 g/mol. The van der Waals surface area contributed by atoms with Gasteiger partial charge in [0.1, 0.15) is 6.61 Å². The minimum absolute atomic E-state index is 0.0218. The summed E-state index contributed by atoms with van der Waals surface area (Å²) < 4.78 is 4.35. The Kier molecular flexibility index (Phi) is 3.63. The molecule has 0 amide bonds. The number of carboxylic acid groups (broad SMARTS) is 1. The van der Waals surface area contributed by atoms with Crippen LogP contribution < -0.4 is 5.11 Å². The van der Waals surface area contributed by atoms with E-state index in [-0.39, 0.29) is 6.61 Å². The number of carbonyl (C=O) groups excluding carboxylic acids is 1. The number of rotatable bonds is 3. The van der Waals surface area contributed by atoms with Crippen molar-refractivity contribution in [2.24, 2.45) is 0 Å². The molecule has 0 radical (unpaired) electrons. The van der Waals surface area contributed by atoms with Crippen LogP contribution in [0, 0.1) is 12.3 Å². The van der Waals surface area contributed by atoms with Gasteiger partial charge in [-0.25, -0.2) is 0 Å². The maximum absolute atomic E-state index is 9.57. The molecule has 0 aromatic heterocycles. The van der Waals surface area contributed by atoms with E-state index in [1.807, 2.05) is 0 Å². The van der Waals surface area contributed by atoms with Crippen molar-refractivity contribution >= 4 is 5.97 Å². The maximum Gasteiger partial charge on any atom is 0.107 e. The van der Waals surface area contributed by atoms with Crippen molar-refractivity contribution in [3.05, 3.63) is 0 Å². The summed E-state index contributed by atoms with van der Waals surface area (Å²) in [6.45, 7) is -0.405. The molecule has 0 bridgehead atoms. The molecule has 0 unspecified atom stereocenters. The van der Waals surface area contributed by atoms with Gasteiger partial charge in [-0.2, -0.15) is 0 Å². The van der Waals surface area contributed by atoms with Crippen LogP contribution in [0.1, 0.15) is 0 Å². The molecule has 0 rings (SSSR count). The van der Waals surface area contributed by atoms with E-state index < -0.39 is 12.6 Å². The molecule has 0 aliphatic rings. The smallest absolute Gasteiger partial charge is 0.107 e. The Balaban J connectivity index is 2.97. The van der Waals surface area contributed by atoms with Crippen molar-refractivity contribution in [1.29, 1.82) is 0 Å². The number of hydrogen-bond donors (Lipinski definition) is 0. The fourth-order valence-electron chi connectivity index (χ4n) is 0.193. The standard InChI is InChI=1S/C5H6O3/c1-2-3-8-4-5(6)7/h1H,3-4H2,(H,6,7)/p-1. The number of ether oxygens (including phenoxy) is 1. The van der Waals surface area contributed by atoms with E-state index in [1.165, 1.54) is 0 Å². The third-order valence-corrected chi connectivity index (χ3v) is 0.405. The van der Waals surface area contributed by atoms with Gasteiger partial charge in [-0.15, -0.1) is 6.42 Å². The minimum atomic E-state index is -1.25. The number of carboxylic acids is 1. The van der Waals surface area contributed by atoms with Crippen molar-refractivity contribution in [1.82, 2.24) is 0 Å². The average Bonchev–Trinajstić information content (AvgIpc) is 1.66. The van der Waals surface area contributed by atoms with Crippen LogP contribution in [0.4, 0.5) is 0 Å². The van der Waals surface area contributed by atoms with Crippen molar-refractivity contribution in [3.8, 4) is 12.3 Å².